The summed E-state index contributed by atoms with van der Waals surface area (Å²) < 4.78 is 54.6. The quantitative estimate of drug-likeness (QED) is 0.166. The molecule has 0 N–H and O–H groups in total. The molecule has 0 aromatic heterocycles. The molecule has 8 nitrogen and oxygen atoms in total. The standard InChI is InChI=1S/C22H45FO8/c1-2-3-4-5-7-24-9-11-26-13-15-28-17-19-30-21-22-31-20-18-29-16-14-27-12-10-25-8-6-23/h2-22H2,1H3. The van der Waals surface area contributed by atoms with E-state index in [1.807, 2.05) is 0 Å². The summed E-state index contributed by atoms with van der Waals surface area (Å²) in [5.41, 5.74) is 0. The molecule has 0 fully saturated rings. The van der Waals surface area contributed by atoms with Crippen molar-refractivity contribution in [1.82, 2.24) is 0 Å². The van der Waals surface area contributed by atoms with E-state index in [-0.39, 0.29) is 6.61 Å². The fraction of sp³-hybridized carbons (Fsp3) is 1.00. The van der Waals surface area contributed by atoms with Gasteiger partial charge in [0.05, 0.1) is 99.1 Å². The Morgan fingerprint density at radius 1 is 0.355 bits per heavy atom. The first-order valence-electron chi connectivity index (χ1n) is 11.6. The molecule has 0 unspecified atom stereocenters. The number of hydrogen-bond acceptors (Lipinski definition) is 8. The molecule has 9 heteroatoms. The van der Waals surface area contributed by atoms with E-state index in [0.29, 0.717) is 92.5 Å². The van der Waals surface area contributed by atoms with Gasteiger partial charge in [0, 0.05) is 6.61 Å². The Bertz CT molecular complexity index is 285. The molecule has 0 bridgehead atoms. The Morgan fingerprint density at radius 3 is 0.935 bits per heavy atom. The van der Waals surface area contributed by atoms with E-state index < -0.39 is 6.67 Å². The fourth-order valence-corrected chi connectivity index (χ4v) is 2.33. The monoisotopic (exact) mass is 456 g/mol. The van der Waals surface area contributed by atoms with Crippen LogP contribution in [0.25, 0.3) is 0 Å². The maximum absolute atomic E-state index is 11.8. The van der Waals surface area contributed by atoms with Gasteiger partial charge in [0.15, 0.2) is 0 Å². The Labute approximate surface area is 187 Å². The summed E-state index contributed by atoms with van der Waals surface area (Å²) in [5.74, 6) is 0. The Hall–Kier alpha value is -0.390. The van der Waals surface area contributed by atoms with Crippen molar-refractivity contribution < 1.29 is 42.3 Å². The summed E-state index contributed by atoms with van der Waals surface area (Å²) in [6, 6.07) is 0. The summed E-state index contributed by atoms with van der Waals surface area (Å²) in [4.78, 5) is 0. The van der Waals surface area contributed by atoms with Crippen LogP contribution in [0.5, 0.6) is 0 Å². The lowest BCUT2D eigenvalue weighted by molar-refractivity contribution is -0.0233. The van der Waals surface area contributed by atoms with E-state index >= 15 is 0 Å². The molecule has 0 heterocycles. The number of rotatable bonds is 28. The zero-order valence-corrected chi connectivity index (χ0v) is 19.5. The molecule has 188 valence electrons. The third-order valence-electron chi connectivity index (χ3n) is 3.97. The first-order valence-corrected chi connectivity index (χ1v) is 11.6. The smallest absolute Gasteiger partial charge is 0.113 e. The molecule has 0 atom stereocenters. The Balaban J connectivity index is 2.98. The average molecular weight is 457 g/mol. The molecular weight excluding hydrogens is 411 g/mol. The van der Waals surface area contributed by atoms with Crippen LogP contribution < -0.4 is 0 Å². The second-order valence-electron chi connectivity index (χ2n) is 6.65. The van der Waals surface area contributed by atoms with E-state index in [1.54, 1.807) is 0 Å². The predicted octanol–water partition coefficient (Wildman–Crippen LogP) is 2.67. The molecule has 0 radical (unpaired) electrons. The normalized spacial score (nSPS) is 11.4. The van der Waals surface area contributed by atoms with Gasteiger partial charge < -0.3 is 37.9 Å². The first kappa shape index (κ1) is 30.6. The molecule has 0 aliphatic rings. The second-order valence-corrected chi connectivity index (χ2v) is 6.65. The van der Waals surface area contributed by atoms with Crippen LogP contribution in [0.3, 0.4) is 0 Å². The summed E-state index contributed by atoms with van der Waals surface area (Å²) in [6.07, 6.45) is 4.90. The molecule has 0 aromatic carbocycles. The van der Waals surface area contributed by atoms with Crippen LogP contribution in [-0.2, 0) is 37.9 Å². The van der Waals surface area contributed by atoms with Gasteiger partial charge in [0.25, 0.3) is 0 Å². The predicted molar refractivity (Wildman–Crippen MR) is 117 cm³/mol. The summed E-state index contributed by atoms with van der Waals surface area (Å²) >= 11 is 0. The molecule has 0 aliphatic heterocycles. The molecule has 0 saturated heterocycles. The largest absolute Gasteiger partial charge is 0.379 e. The van der Waals surface area contributed by atoms with Crippen molar-refractivity contribution >= 4 is 0 Å². The molecule has 0 aliphatic carbocycles. The average Bonchev–Trinajstić information content (AvgIpc) is 2.78. The van der Waals surface area contributed by atoms with E-state index in [2.05, 4.69) is 6.92 Å². The highest BCUT2D eigenvalue weighted by molar-refractivity contribution is 4.40. The van der Waals surface area contributed by atoms with Gasteiger partial charge in [-0.15, -0.1) is 0 Å². The minimum Gasteiger partial charge on any atom is -0.379 e. The number of unbranched alkanes of at least 4 members (excludes halogenated alkanes) is 3. The third-order valence-corrected chi connectivity index (χ3v) is 3.97. The maximum atomic E-state index is 11.8. The maximum Gasteiger partial charge on any atom is 0.113 e. The lowest BCUT2D eigenvalue weighted by Gasteiger charge is -2.08. The summed E-state index contributed by atoms with van der Waals surface area (Å²) in [6.45, 7) is 10.0. The van der Waals surface area contributed by atoms with Crippen LogP contribution >= 0.6 is 0 Å². The van der Waals surface area contributed by atoms with E-state index in [9.17, 15) is 4.39 Å². The highest BCUT2D eigenvalue weighted by Gasteiger charge is 1.95. The summed E-state index contributed by atoms with van der Waals surface area (Å²) in [5, 5.41) is 0. The zero-order valence-electron chi connectivity index (χ0n) is 19.5. The van der Waals surface area contributed by atoms with Crippen molar-refractivity contribution in [3.05, 3.63) is 0 Å². The van der Waals surface area contributed by atoms with Crippen molar-refractivity contribution in [2.45, 2.75) is 32.6 Å². The number of alkyl halides is 1. The number of ether oxygens (including phenoxy) is 8. The lowest BCUT2D eigenvalue weighted by atomic mass is 10.2. The van der Waals surface area contributed by atoms with Crippen molar-refractivity contribution in [3.8, 4) is 0 Å². The van der Waals surface area contributed by atoms with Gasteiger partial charge in [-0.05, 0) is 6.42 Å². The van der Waals surface area contributed by atoms with Crippen molar-refractivity contribution in [3.63, 3.8) is 0 Å². The minimum atomic E-state index is -0.465. The highest BCUT2D eigenvalue weighted by atomic mass is 19.1. The van der Waals surface area contributed by atoms with Gasteiger partial charge in [-0.25, -0.2) is 4.39 Å². The zero-order chi connectivity index (χ0) is 22.5. The third kappa shape index (κ3) is 29.6. The van der Waals surface area contributed by atoms with Crippen LogP contribution in [0, 0.1) is 0 Å². The molecule has 0 spiro atoms. The lowest BCUT2D eigenvalue weighted by Crippen LogP contribution is -2.15. The van der Waals surface area contributed by atoms with E-state index in [4.69, 9.17) is 37.9 Å². The van der Waals surface area contributed by atoms with Crippen LogP contribution in [0.1, 0.15) is 32.6 Å². The Morgan fingerprint density at radius 2 is 0.645 bits per heavy atom. The summed E-state index contributed by atoms with van der Waals surface area (Å²) in [7, 11) is 0. The van der Waals surface area contributed by atoms with Crippen LogP contribution in [0.15, 0.2) is 0 Å². The van der Waals surface area contributed by atoms with Gasteiger partial charge in [0.2, 0.25) is 0 Å². The van der Waals surface area contributed by atoms with Gasteiger partial charge in [0.1, 0.15) is 6.67 Å². The molecule has 0 saturated carbocycles. The second kappa shape index (κ2) is 29.6. The molecule has 0 rings (SSSR count). The van der Waals surface area contributed by atoms with Crippen LogP contribution in [0.4, 0.5) is 4.39 Å². The van der Waals surface area contributed by atoms with E-state index in [1.165, 1.54) is 19.3 Å². The first-order chi connectivity index (χ1) is 15.4. The fourth-order valence-electron chi connectivity index (χ4n) is 2.33. The van der Waals surface area contributed by atoms with Gasteiger partial charge in [-0.1, -0.05) is 26.2 Å². The van der Waals surface area contributed by atoms with Crippen molar-refractivity contribution in [2.75, 3.05) is 112 Å². The van der Waals surface area contributed by atoms with Crippen LogP contribution in [-0.4, -0.2) is 112 Å². The minimum absolute atomic E-state index is 0.123. The van der Waals surface area contributed by atoms with Gasteiger partial charge >= 0.3 is 0 Å². The number of halogens is 1. The van der Waals surface area contributed by atoms with Crippen molar-refractivity contribution in [2.24, 2.45) is 0 Å². The van der Waals surface area contributed by atoms with Crippen molar-refractivity contribution in [1.29, 1.82) is 0 Å². The molecule has 31 heavy (non-hydrogen) atoms. The highest BCUT2D eigenvalue weighted by Crippen LogP contribution is 1.98. The molecule has 0 aromatic rings. The van der Waals surface area contributed by atoms with Gasteiger partial charge in [-0.2, -0.15) is 0 Å². The Kier molecular flexibility index (Phi) is 29.2. The number of hydrogen-bond donors (Lipinski definition) is 0. The SMILES string of the molecule is CCCCCCOCCOCCOCCOCCOCCOCCOCCOCCF. The molecule has 0 amide bonds. The van der Waals surface area contributed by atoms with Gasteiger partial charge in [-0.3, -0.25) is 0 Å². The topological polar surface area (TPSA) is 73.8 Å². The van der Waals surface area contributed by atoms with E-state index in [0.717, 1.165) is 13.0 Å². The molecular formula is C22H45FO8. The van der Waals surface area contributed by atoms with Crippen LogP contribution in [0.2, 0.25) is 0 Å².